The summed E-state index contributed by atoms with van der Waals surface area (Å²) in [4.78, 5) is 26.4. The van der Waals surface area contributed by atoms with Gasteiger partial charge in [0.15, 0.2) is 17.6 Å². The second-order valence-electron chi connectivity index (χ2n) is 10.1. The predicted molar refractivity (Wildman–Crippen MR) is 190 cm³/mol. The largest absolute Gasteiger partial charge is 0.490 e. The van der Waals surface area contributed by atoms with Crippen LogP contribution in [0.25, 0.3) is 0 Å². The van der Waals surface area contributed by atoms with Crippen LogP contribution >= 0.6 is 62.3 Å². The maximum Gasteiger partial charge on any atom is 0.262 e. The second-order valence-corrected chi connectivity index (χ2v) is 12.6. The summed E-state index contributed by atoms with van der Waals surface area (Å²) >= 11 is 28.0. The van der Waals surface area contributed by atoms with Gasteiger partial charge in [-0.25, -0.2) is 5.43 Å². The second kappa shape index (κ2) is 17.6. The van der Waals surface area contributed by atoms with E-state index in [9.17, 15) is 9.59 Å². The Morgan fingerprint density at radius 3 is 2.26 bits per heavy atom. The van der Waals surface area contributed by atoms with Gasteiger partial charge in [0.1, 0.15) is 18.4 Å². The van der Waals surface area contributed by atoms with E-state index in [1.165, 1.54) is 12.3 Å². The number of hydrogen-bond acceptors (Lipinski definition) is 6. The number of nitrogens with one attached hydrogen (secondary N) is 2. The van der Waals surface area contributed by atoms with Crippen LogP contribution in [-0.2, 0) is 22.6 Å². The Bertz CT molecular complexity index is 1740. The maximum atomic E-state index is 13.3. The number of rotatable bonds is 14. The van der Waals surface area contributed by atoms with E-state index < -0.39 is 24.0 Å². The fourth-order valence-electron chi connectivity index (χ4n) is 4.27. The molecule has 0 unspecified atom stereocenters. The molecule has 0 spiro atoms. The summed E-state index contributed by atoms with van der Waals surface area (Å²) in [6.07, 6.45) is 0.710. The molecule has 0 aliphatic carbocycles. The number of halogens is 5. The Hall–Kier alpha value is -3.47. The van der Waals surface area contributed by atoms with Crippen molar-refractivity contribution in [1.29, 1.82) is 0 Å². The summed E-state index contributed by atoms with van der Waals surface area (Å²) in [6, 6.07) is 21.7. The van der Waals surface area contributed by atoms with Crippen LogP contribution in [0.1, 0.15) is 30.5 Å². The van der Waals surface area contributed by atoms with E-state index in [1.54, 1.807) is 49.4 Å². The van der Waals surface area contributed by atoms with Crippen LogP contribution in [0.4, 0.5) is 0 Å². The zero-order valence-electron chi connectivity index (χ0n) is 25.2. The van der Waals surface area contributed by atoms with Gasteiger partial charge in [0.05, 0.1) is 22.3 Å². The first-order valence-electron chi connectivity index (χ1n) is 14.4. The van der Waals surface area contributed by atoms with Crippen LogP contribution in [-0.4, -0.2) is 36.8 Å². The quantitative estimate of drug-likeness (QED) is 0.0986. The Labute approximate surface area is 301 Å². The van der Waals surface area contributed by atoms with Gasteiger partial charge in [-0.05, 0) is 83.4 Å². The van der Waals surface area contributed by atoms with Gasteiger partial charge in [-0.3, -0.25) is 9.59 Å². The molecule has 2 amide bonds. The van der Waals surface area contributed by atoms with Gasteiger partial charge in [0, 0.05) is 27.1 Å². The summed E-state index contributed by atoms with van der Waals surface area (Å²) in [5.41, 5.74) is 4.74. The van der Waals surface area contributed by atoms with E-state index in [-0.39, 0.29) is 23.8 Å². The molecule has 47 heavy (non-hydrogen) atoms. The Morgan fingerprint density at radius 2 is 1.57 bits per heavy atom. The summed E-state index contributed by atoms with van der Waals surface area (Å²) in [5.74, 6) is 0.177. The number of hydrazone groups is 1. The van der Waals surface area contributed by atoms with Crippen molar-refractivity contribution < 1.29 is 23.8 Å². The number of amides is 2. The van der Waals surface area contributed by atoms with E-state index in [0.29, 0.717) is 43.2 Å². The SMILES string of the molecule is CCOc1cc(/C=N\NC(=O)[C@H](Cc2ccccc2)NC(=O)[C@@H](C)Oc2ccc(Cl)cc2Cl)cc(Br)c1OCc1ccc(Cl)cc1Cl. The van der Waals surface area contributed by atoms with Crippen molar-refractivity contribution in [3.8, 4) is 17.2 Å². The molecule has 0 saturated heterocycles. The minimum Gasteiger partial charge on any atom is -0.490 e. The third kappa shape index (κ3) is 10.8. The van der Waals surface area contributed by atoms with E-state index in [2.05, 4.69) is 31.8 Å². The van der Waals surface area contributed by atoms with Crippen molar-refractivity contribution in [2.24, 2.45) is 5.10 Å². The minimum absolute atomic E-state index is 0.184. The lowest BCUT2D eigenvalue weighted by atomic mass is 10.1. The first kappa shape index (κ1) is 36.4. The smallest absolute Gasteiger partial charge is 0.262 e. The third-order valence-electron chi connectivity index (χ3n) is 6.59. The van der Waals surface area contributed by atoms with Gasteiger partial charge >= 0.3 is 0 Å². The number of carbonyl (C=O) groups excluding carboxylic acids is 2. The highest BCUT2D eigenvalue weighted by Gasteiger charge is 2.25. The fourth-order valence-corrected chi connectivity index (χ4v) is 5.76. The van der Waals surface area contributed by atoms with Crippen LogP contribution in [0.2, 0.25) is 20.1 Å². The molecule has 4 aromatic carbocycles. The summed E-state index contributed by atoms with van der Waals surface area (Å²) in [6.45, 7) is 3.98. The summed E-state index contributed by atoms with van der Waals surface area (Å²) in [7, 11) is 0. The number of benzene rings is 4. The molecule has 0 radical (unpaired) electrons. The van der Waals surface area contributed by atoms with Crippen molar-refractivity contribution in [2.45, 2.75) is 39.0 Å². The molecule has 0 aliphatic rings. The molecule has 8 nitrogen and oxygen atoms in total. The van der Waals surface area contributed by atoms with Crippen molar-refractivity contribution in [3.05, 3.63) is 120 Å². The first-order chi connectivity index (χ1) is 22.5. The van der Waals surface area contributed by atoms with Crippen LogP contribution in [0.5, 0.6) is 17.2 Å². The van der Waals surface area contributed by atoms with Gasteiger partial charge < -0.3 is 19.5 Å². The van der Waals surface area contributed by atoms with Gasteiger partial charge in [-0.2, -0.15) is 5.10 Å². The number of hydrogen-bond donors (Lipinski definition) is 2. The molecule has 4 rings (SSSR count). The lowest BCUT2D eigenvalue weighted by Crippen LogP contribution is -2.50. The molecule has 2 atom stereocenters. The van der Waals surface area contributed by atoms with Crippen LogP contribution in [0, 0.1) is 0 Å². The van der Waals surface area contributed by atoms with Crippen molar-refractivity contribution in [3.63, 3.8) is 0 Å². The highest BCUT2D eigenvalue weighted by molar-refractivity contribution is 9.10. The Morgan fingerprint density at radius 1 is 0.872 bits per heavy atom. The Kier molecular flexibility index (Phi) is 13.6. The molecule has 2 N–H and O–H groups in total. The molecule has 0 aliphatic heterocycles. The van der Waals surface area contributed by atoms with Crippen molar-refractivity contribution in [1.82, 2.24) is 10.7 Å². The Balaban J connectivity index is 1.45. The predicted octanol–water partition coefficient (Wildman–Crippen LogP) is 8.69. The van der Waals surface area contributed by atoms with Crippen molar-refractivity contribution in [2.75, 3.05) is 6.61 Å². The standard InChI is InChI=1S/C34H30BrCl4N3O5/c1-3-45-31-15-22(13-26(35)32(31)46-19-23-9-10-24(36)16-27(23)38)18-40-42-34(44)29(14-21-7-5-4-6-8-21)41-33(43)20(2)47-30-12-11-25(37)17-28(30)39/h4-13,15-18,20,29H,3,14,19H2,1-2H3,(H,41,43)(H,42,44)/b40-18-/t20-,29+/m1/s1. The normalized spacial score (nSPS) is 12.3. The van der Waals surface area contributed by atoms with Crippen molar-refractivity contribution >= 4 is 80.4 Å². The topological polar surface area (TPSA) is 98.2 Å². The van der Waals surface area contributed by atoms with Gasteiger partial charge in [0.25, 0.3) is 11.8 Å². The van der Waals surface area contributed by atoms with Gasteiger partial charge in [-0.15, -0.1) is 0 Å². The highest BCUT2D eigenvalue weighted by Crippen LogP contribution is 2.37. The molecular formula is C34H30BrCl4N3O5. The summed E-state index contributed by atoms with van der Waals surface area (Å²) < 4.78 is 18.2. The molecule has 0 saturated carbocycles. The van der Waals surface area contributed by atoms with Gasteiger partial charge in [0.2, 0.25) is 0 Å². The van der Waals surface area contributed by atoms with Crippen LogP contribution in [0.3, 0.4) is 0 Å². The number of ether oxygens (including phenoxy) is 3. The minimum atomic E-state index is -0.964. The number of carbonyl (C=O) groups is 2. The lowest BCUT2D eigenvalue weighted by Gasteiger charge is -2.21. The zero-order chi connectivity index (χ0) is 33.9. The van der Waals surface area contributed by atoms with Gasteiger partial charge in [-0.1, -0.05) is 82.8 Å². The third-order valence-corrected chi connectivity index (χ3v) is 8.30. The maximum absolute atomic E-state index is 13.3. The highest BCUT2D eigenvalue weighted by atomic mass is 79.9. The van der Waals surface area contributed by atoms with Crippen LogP contribution < -0.4 is 25.0 Å². The molecule has 0 heterocycles. The average molecular weight is 782 g/mol. The van der Waals surface area contributed by atoms with E-state index in [0.717, 1.165) is 11.1 Å². The summed E-state index contributed by atoms with van der Waals surface area (Å²) in [5, 5.41) is 8.62. The van der Waals surface area contributed by atoms with E-state index >= 15 is 0 Å². The first-order valence-corrected chi connectivity index (χ1v) is 16.7. The molecule has 0 aromatic heterocycles. The molecule has 13 heteroatoms. The monoisotopic (exact) mass is 779 g/mol. The molecular weight excluding hydrogens is 752 g/mol. The number of nitrogens with zero attached hydrogens (tertiary/aromatic N) is 1. The van der Waals surface area contributed by atoms with E-state index in [1.807, 2.05) is 37.3 Å². The molecule has 0 bridgehead atoms. The average Bonchev–Trinajstić information content (AvgIpc) is 3.03. The molecule has 4 aromatic rings. The van der Waals surface area contributed by atoms with Crippen LogP contribution in [0.15, 0.2) is 88.4 Å². The van der Waals surface area contributed by atoms with E-state index in [4.69, 9.17) is 60.6 Å². The molecule has 246 valence electrons. The fraction of sp³-hybridized carbons (Fsp3) is 0.206. The molecule has 0 fully saturated rings. The zero-order valence-corrected chi connectivity index (χ0v) is 29.8. The lowest BCUT2D eigenvalue weighted by molar-refractivity contribution is -0.132.